The second-order valence-corrected chi connectivity index (χ2v) is 8.80. The lowest BCUT2D eigenvalue weighted by Crippen LogP contribution is -2.50. The molecule has 0 bridgehead atoms. The Kier molecular flexibility index (Phi) is 5.83. The summed E-state index contributed by atoms with van der Waals surface area (Å²) in [5.41, 5.74) is 1.61. The van der Waals surface area contributed by atoms with Gasteiger partial charge < -0.3 is 19.1 Å². The van der Waals surface area contributed by atoms with Crippen LogP contribution >= 0.6 is 0 Å². The Morgan fingerprint density at radius 1 is 1.10 bits per heavy atom. The minimum absolute atomic E-state index is 0.0264. The quantitative estimate of drug-likeness (QED) is 0.777. The molecule has 0 spiro atoms. The molecular formula is C21H24N2O6S. The lowest BCUT2D eigenvalue weighted by atomic mass is 10.2. The zero-order chi connectivity index (χ0) is 21.1. The minimum Gasteiger partial charge on any atom is -0.485 e. The first-order valence-electron chi connectivity index (χ1n) is 9.88. The maximum Gasteiger partial charge on any atom is 0.267 e. The Bertz CT molecular complexity index is 1020. The number of amides is 1. The van der Waals surface area contributed by atoms with Gasteiger partial charge in [-0.3, -0.25) is 9.52 Å². The number of fused-ring (bicyclic) bond motifs is 1. The molecule has 2 aromatic rings. The maximum absolute atomic E-state index is 12.7. The molecule has 0 aromatic heterocycles. The van der Waals surface area contributed by atoms with Gasteiger partial charge in [-0.2, -0.15) is 0 Å². The van der Waals surface area contributed by atoms with Crippen LogP contribution in [-0.2, 0) is 26.0 Å². The van der Waals surface area contributed by atoms with Gasteiger partial charge in [0.25, 0.3) is 15.9 Å². The number of rotatable bonds is 5. The van der Waals surface area contributed by atoms with Crippen LogP contribution in [0.4, 0.5) is 5.69 Å². The number of aryl methyl sites for hydroxylation is 1. The first-order chi connectivity index (χ1) is 14.5. The van der Waals surface area contributed by atoms with Crippen molar-refractivity contribution < 1.29 is 27.4 Å². The smallest absolute Gasteiger partial charge is 0.267 e. The van der Waals surface area contributed by atoms with Crippen molar-refractivity contribution in [2.75, 3.05) is 37.6 Å². The predicted octanol–water partition coefficient (Wildman–Crippen LogP) is 2.05. The molecule has 0 unspecified atom stereocenters. The number of nitrogens with zero attached hydrogens (tertiary/aromatic N) is 1. The van der Waals surface area contributed by atoms with E-state index in [1.54, 1.807) is 17.0 Å². The zero-order valence-corrected chi connectivity index (χ0v) is 17.5. The Labute approximate surface area is 175 Å². The number of nitrogens with one attached hydrogen (secondary N) is 1. The highest BCUT2D eigenvalue weighted by Crippen LogP contribution is 2.34. The highest BCUT2D eigenvalue weighted by molar-refractivity contribution is 7.92. The second-order valence-electron chi connectivity index (χ2n) is 7.12. The summed E-state index contributed by atoms with van der Waals surface area (Å²) in [7, 11) is -3.79. The van der Waals surface area contributed by atoms with Gasteiger partial charge in [0.2, 0.25) is 6.10 Å². The second kappa shape index (κ2) is 8.53. The van der Waals surface area contributed by atoms with Gasteiger partial charge in [-0.1, -0.05) is 19.1 Å². The Hall–Kier alpha value is -2.78. The van der Waals surface area contributed by atoms with Crippen molar-refractivity contribution in [1.29, 1.82) is 0 Å². The highest BCUT2D eigenvalue weighted by Gasteiger charge is 2.32. The van der Waals surface area contributed by atoms with Crippen LogP contribution in [-0.4, -0.2) is 58.2 Å². The first-order valence-corrected chi connectivity index (χ1v) is 11.4. The van der Waals surface area contributed by atoms with Crippen LogP contribution in [0.5, 0.6) is 11.5 Å². The zero-order valence-electron chi connectivity index (χ0n) is 16.7. The highest BCUT2D eigenvalue weighted by atomic mass is 32.2. The molecule has 2 aromatic carbocycles. The van der Waals surface area contributed by atoms with Gasteiger partial charge in [0.1, 0.15) is 6.61 Å². The molecule has 0 saturated carbocycles. The van der Waals surface area contributed by atoms with E-state index in [1.807, 2.05) is 19.1 Å². The van der Waals surface area contributed by atoms with Crippen LogP contribution in [0.1, 0.15) is 12.5 Å². The van der Waals surface area contributed by atoms with Crippen molar-refractivity contribution in [2.24, 2.45) is 0 Å². The summed E-state index contributed by atoms with van der Waals surface area (Å²) in [5, 5.41) is 0. The van der Waals surface area contributed by atoms with Gasteiger partial charge in [0.15, 0.2) is 11.5 Å². The van der Waals surface area contributed by atoms with Crippen LogP contribution in [0.25, 0.3) is 0 Å². The van der Waals surface area contributed by atoms with Crippen LogP contribution in [0.3, 0.4) is 0 Å². The molecule has 4 rings (SSSR count). The van der Waals surface area contributed by atoms with Crippen molar-refractivity contribution in [3.8, 4) is 11.5 Å². The molecule has 8 nitrogen and oxygen atoms in total. The largest absolute Gasteiger partial charge is 0.485 e. The van der Waals surface area contributed by atoms with Crippen molar-refractivity contribution in [1.82, 2.24) is 4.90 Å². The molecule has 30 heavy (non-hydrogen) atoms. The molecule has 1 atom stereocenters. The molecule has 1 amide bonds. The molecule has 1 saturated heterocycles. The predicted molar refractivity (Wildman–Crippen MR) is 110 cm³/mol. The normalized spacial score (nSPS) is 18.7. The van der Waals surface area contributed by atoms with Crippen molar-refractivity contribution in [3.63, 3.8) is 0 Å². The summed E-state index contributed by atoms with van der Waals surface area (Å²) in [6.45, 7) is 4.11. The monoisotopic (exact) mass is 432 g/mol. The summed E-state index contributed by atoms with van der Waals surface area (Å²) < 4.78 is 44.8. The number of carbonyl (C=O) groups excluding carboxylic acids is 1. The fourth-order valence-electron chi connectivity index (χ4n) is 3.35. The molecule has 2 aliphatic rings. The fourth-order valence-corrected chi connectivity index (χ4v) is 4.42. The average molecular weight is 432 g/mol. The molecule has 1 fully saturated rings. The van der Waals surface area contributed by atoms with E-state index in [2.05, 4.69) is 4.72 Å². The van der Waals surface area contributed by atoms with E-state index in [-0.39, 0.29) is 17.4 Å². The van der Waals surface area contributed by atoms with Crippen LogP contribution in [0.15, 0.2) is 47.4 Å². The van der Waals surface area contributed by atoms with E-state index < -0.39 is 16.1 Å². The number of hydrogen-bond acceptors (Lipinski definition) is 6. The van der Waals surface area contributed by atoms with Crippen molar-refractivity contribution in [3.05, 3.63) is 48.0 Å². The van der Waals surface area contributed by atoms with E-state index in [9.17, 15) is 13.2 Å². The van der Waals surface area contributed by atoms with E-state index >= 15 is 0 Å². The van der Waals surface area contributed by atoms with Gasteiger partial charge in [0.05, 0.1) is 18.1 Å². The molecule has 0 radical (unpaired) electrons. The Morgan fingerprint density at radius 3 is 2.53 bits per heavy atom. The number of carbonyl (C=O) groups is 1. The molecule has 2 aliphatic heterocycles. The van der Waals surface area contributed by atoms with Crippen LogP contribution in [0, 0.1) is 0 Å². The fraction of sp³-hybridized carbons (Fsp3) is 0.381. The van der Waals surface area contributed by atoms with Gasteiger partial charge in [-0.05, 0) is 36.2 Å². The van der Waals surface area contributed by atoms with E-state index in [0.717, 1.165) is 12.0 Å². The number of hydrogen-bond donors (Lipinski definition) is 1. The van der Waals surface area contributed by atoms with Gasteiger partial charge in [-0.15, -0.1) is 0 Å². The lowest BCUT2D eigenvalue weighted by molar-refractivity contribution is -0.145. The summed E-state index contributed by atoms with van der Waals surface area (Å²) in [4.78, 5) is 14.3. The van der Waals surface area contributed by atoms with E-state index in [0.29, 0.717) is 43.5 Å². The third kappa shape index (κ3) is 4.36. The van der Waals surface area contributed by atoms with Gasteiger partial charge >= 0.3 is 0 Å². The van der Waals surface area contributed by atoms with E-state index in [4.69, 9.17) is 14.2 Å². The summed E-state index contributed by atoms with van der Waals surface area (Å²) in [6.07, 6.45) is 0.123. The number of sulfonamides is 1. The number of benzene rings is 2. The molecule has 160 valence electrons. The van der Waals surface area contributed by atoms with E-state index in [1.165, 1.54) is 18.2 Å². The Balaban J connectivity index is 1.47. The first kappa shape index (κ1) is 20.5. The molecule has 2 heterocycles. The third-order valence-electron chi connectivity index (χ3n) is 5.10. The molecule has 1 N–H and O–H groups in total. The average Bonchev–Trinajstić information content (AvgIpc) is 2.78. The summed E-state index contributed by atoms with van der Waals surface area (Å²) >= 11 is 0. The molecule has 9 heteroatoms. The van der Waals surface area contributed by atoms with Crippen LogP contribution in [0.2, 0.25) is 0 Å². The Morgan fingerprint density at radius 2 is 1.83 bits per heavy atom. The number of anilines is 1. The molecule has 0 aliphatic carbocycles. The lowest BCUT2D eigenvalue weighted by Gasteiger charge is -2.32. The summed E-state index contributed by atoms with van der Waals surface area (Å²) in [5.74, 6) is 0.488. The standard InChI is InChI=1S/C21H24N2O6S/c1-2-15-3-5-16(6-4-15)22-30(25,26)17-7-8-18-19(13-17)28-14-20(29-18)21(24)23-9-11-27-12-10-23/h3-8,13,20,22H,2,9-12,14H2,1H3/t20-/m1/s1. The molecular weight excluding hydrogens is 408 g/mol. The van der Waals surface area contributed by atoms with Gasteiger partial charge in [-0.25, -0.2) is 8.42 Å². The van der Waals surface area contributed by atoms with Gasteiger partial charge in [0, 0.05) is 24.8 Å². The maximum atomic E-state index is 12.7. The van der Waals surface area contributed by atoms with Crippen LogP contribution < -0.4 is 14.2 Å². The van der Waals surface area contributed by atoms with Crippen molar-refractivity contribution >= 4 is 21.6 Å². The minimum atomic E-state index is -3.79. The summed E-state index contributed by atoms with van der Waals surface area (Å²) in [6, 6.07) is 11.6. The number of morpholine rings is 1. The third-order valence-corrected chi connectivity index (χ3v) is 6.48. The SMILES string of the molecule is CCc1ccc(NS(=O)(=O)c2ccc3c(c2)OC[C@H](C(=O)N2CCOCC2)O3)cc1. The van der Waals surface area contributed by atoms with Crippen molar-refractivity contribution in [2.45, 2.75) is 24.3 Å². The topological polar surface area (TPSA) is 94.2 Å². The number of ether oxygens (including phenoxy) is 3.